The molecule has 2 N–H and O–H groups in total. The number of rotatable bonds is 4. The van der Waals surface area contributed by atoms with Crippen LogP contribution in [-0.4, -0.2) is 61.0 Å². The lowest BCUT2D eigenvalue weighted by Gasteiger charge is -2.34. The van der Waals surface area contributed by atoms with Crippen molar-refractivity contribution in [3.63, 3.8) is 0 Å². The summed E-state index contributed by atoms with van der Waals surface area (Å²) in [6.45, 7) is 9.74. The summed E-state index contributed by atoms with van der Waals surface area (Å²) in [5.41, 5.74) is -0.483. The molecule has 2 aliphatic heterocycles. The summed E-state index contributed by atoms with van der Waals surface area (Å²) in [5.74, 6) is 0.567. The van der Waals surface area contributed by atoms with E-state index in [-0.39, 0.29) is 0 Å². The fourth-order valence-corrected chi connectivity index (χ4v) is 3.03. The van der Waals surface area contributed by atoms with E-state index in [4.69, 9.17) is 4.74 Å². The van der Waals surface area contributed by atoms with E-state index in [2.05, 4.69) is 17.1 Å². The van der Waals surface area contributed by atoms with Crippen LogP contribution in [0, 0.1) is 5.92 Å². The Morgan fingerprint density at radius 3 is 3.00 bits per heavy atom. The Bertz CT molecular complexity index is 244. The molecule has 2 rings (SSSR count). The molecule has 0 amide bonds. The maximum Gasteiger partial charge on any atom is 0.0758 e. The first-order valence-corrected chi connectivity index (χ1v) is 6.86. The summed E-state index contributed by atoms with van der Waals surface area (Å²) in [4.78, 5) is 2.38. The van der Waals surface area contributed by atoms with Crippen molar-refractivity contribution in [3.8, 4) is 0 Å². The Labute approximate surface area is 104 Å². The minimum absolute atomic E-state index is 0.483. The van der Waals surface area contributed by atoms with Crippen molar-refractivity contribution in [2.45, 2.75) is 38.3 Å². The number of ether oxygens (including phenoxy) is 1. The predicted molar refractivity (Wildman–Crippen MR) is 68.1 cm³/mol. The summed E-state index contributed by atoms with van der Waals surface area (Å²) in [5, 5.41) is 13.5. The number of hydrogen-bond acceptors (Lipinski definition) is 4. The van der Waals surface area contributed by atoms with E-state index in [1.807, 2.05) is 6.92 Å². The number of nitrogens with zero attached hydrogens (tertiary/aromatic N) is 1. The zero-order valence-electron chi connectivity index (χ0n) is 11.1. The topological polar surface area (TPSA) is 44.7 Å². The van der Waals surface area contributed by atoms with Gasteiger partial charge in [-0.2, -0.15) is 0 Å². The average Bonchev–Trinajstić information content (AvgIpc) is 2.61. The second-order valence-electron chi connectivity index (χ2n) is 5.77. The second kappa shape index (κ2) is 5.65. The number of hydrogen-bond donors (Lipinski definition) is 2. The highest BCUT2D eigenvalue weighted by Gasteiger charge is 2.34. The summed E-state index contributed by atoms with van der Waals surface area (Å²) in [6.07, 6.45) is 2.01. The molecule has 2 fully saturated rings. The third-order valence-corrected chi connectivity index (χ3v) is 3.96. The fourth-order valence-electron chi connectivity index (χ4n) is 3.03. The number of β-amino-alcohol motifs (C(OH)–C–C–N with tert-alkyl or cyclic N) is 1. The van der Waals surface area contributed by atoms with Crippen molar-refractivity contribution in [1.29, 1.82) is 0 Å². The van der Waals surface area contributed by atoms with Gasteiger partial charge in [-0.15, -0.1) is 0 Å². The highest BCUT2D eigenvalue weighted by atomic mass is 16.5. The summed E-state index contributed by atoms with van der Waals surface area (Å²) in [7, 11) is 0. The molecule has 0 saturated carbocycles. The van der Waals surface area contributed by atoms with Crippen molar-refractivity contribution in [3.05, 3.63) is 0 Å². The van der Waals surface area contributed by atoms with Crippen LogP contribution in [-0.2, 0) is 4.74 Å². The fraction of sp³-hybridized carbons (Fsp3) is 1.00. The lowest BCUT2D eigenvalue weighted by atomic mass is 9.95. The number of nitrogens with one attached hydrogen (secondary N) is 1. The Hall–Kier alpha value is -0.160. The molecular weight excluding hydrogens is 216 g/mol. The van der Waals surface area contributed by atoms with Gasteiger partial charge in [-0.3, -0.25) is 4.90 Å². The van der Waals surface area contributed by atoms with Crippen LogP contribution in [0.1, 0.15) is 26.7 Å². The van der Waals surface area contributed by atoms with E-state index in [9.17, 15) is 5.11 Å². The minimum atomic E-state index is -0.483. The van der Waals surface area contributed by atoms with Gasteiger partial charge in [-0.05, 0) is 26.3 Å². The normalized spacial score (nSPS) is 39.7. The molecule has 100 valence electrons. The molecule has 2 aliphatic rings. The molecule has 3 atom stereocenters. The van der Waals surface area contributed by atoms with Crippen LogP contribution < -0.4 is 5.32 Å². The van der Waals surface area contributed by atoms with Crippen LogP contribution in [0.15, 0.2) is 0 Å². The zero-order chi connectivity index (χ0) is 12.3. The van der Waals surface area contributed by atoms with Gasteiger partial charge in [0.25, 0.3) is 0 Å². The standard InChI is InChI=1S/C13H26N2O2/c1-3-14-12-4-7-17-9-11(12)8-15-6-5-13(2,16)10-15/h11-12,14,16H,3-10H2,1-2H3. The SMILES string of the molecule is CCNC1CCOCC1CN1CCC(C)(O)C1. The second-order valence-corrected chi connectivity index (χ2v) is 5.77. The molecule has 3 unspecified atom stereocenters. The Morgan fingerprint density at radius 1 is 1.53 bits per heavy atom. The molecule has 4 nitrogen and oxygen atoms in total. The van der Waals surface area contributed by atoms with Crippen LogP contribution in [0.3, 0.4) is 0 Å². The molecule has 2 saturated heterocycles. The molecule has 0 aromatic heterocycles. The smallest absolute Gasteiger partial charge is 0.0758 e. The van der Waals surface area contributed by atoms with Gasteiger partial charge < -0.3 is 15.2 Å². The van der Waals surface area contributed by atoms with Gasteiger partial charge in [0.2, 0.25) is 0 Å². The van der Waals surface area contributed by atoms with E-state index in [0.717, 1.165) is 52.2 Å². The first-order chi connectivity index (χ1) is 8.11. The summed E-state index contributed by atoms with van der Waals surface area (Å²) < 4.78 is 5.59. The number of aliphatic hydroxyl groups is 1. The van der Waals surface area contributed by atoms with Gasteiger partial charge in [0.1, 0.15) is 0 Å². The Balaban J connectivity index is 1.84. The van der Waals surface area contributed by atoms with Crippen LogP contribution in [0.4, 0.5) is 0 Å². The largest absolute Gasteiger partial charge is 0.389 e. The van der Waals surface area contributed by atoms with Crippen molar-refractivity contribution < 1.29 is 9.84 Å². The maximum atomic E-state index is 9.98. The lowest BCUT2D eigenvalue weighted by molar-refractivity contribution is 0.0137. The molecular formula is C13H26N2O2. The summed E-state index contributed by atoms with van der Waals surface area (Å²) >= 11 is 0. The first kappa shape index (κ1) is 13.3. The van der Waals surface area contributed by atoms with Gasteiger partial charge in [0.15, 0.2) is 0 Å². The summed E-state index contributed by atoms with van der Waals surface area (Å²) in [6, 6.07) is 0.583. The quantitative estimate of drug-likeness (QED) is 0.752. The van der Waals surface area contributed by atoms with Crippen LogP contribution in [0.2, 0.25) is 0 Å². The van der Waals surface area contributed by atoms with Crippen LogP contribution in [0.5, 0.6) is 0 Å². The molecule has 0 radical (unpaired) electrons. The van der Waals surface area contributed by atoms with E-state index in [1.165, 1.54) is 0 Å². The molecule has 0 aromatic rings. The van der Waals surface area contributed by atoms with E-state index >= 15 is 0 Å². The van der Waals surface area contributed by atoms with Crippen LogP contribution in [0.25, 0.3) is 0 Å². The molecule has 0 aliphatic carbocycles. The van der Waals surface area contributed by atoms with Gasteiger partial charge in [-0.25, -0.2) is 0 Å². The van der Waals surface area contributed by atoms with E-state index in [0.29, 0.717) is 12.0 Å². The van der Waals surface area contributed by atoms with E-state index < -0.39 is 5.60 Å². The molecule has 17 heavy (non-hydrogen) atoms. The maximum absolute atomic E-state index is 9.98. The zero-order valence-corrected chi connectivity index (χ0v) is 11.1. The lowest BCUT2D eigenvalue weighted by Crippen LogP contribution is -2.47. The highest BCUT2D eigenvalue weighted by Crippen LogP contribution is 2.23. The molecule has 4 heteroatoms. The molecule has 0 bridgehead atoms. The number of likely N-dealkylation sites (tertiary alicyclic amines) is 1. The monoisotopic (exact) mass is 242 g/mol. The predicted octanol–water partition coefficient (Wildman–Crippen LogP) is 0.458. The van der Waals surface area contributed by atoms with Gasteiger partial charge in [0, 0.05) is 38.2 Å². The molecule has 0 spiro atoms. The van der Waals surface area contributed by atoms with Crippen molar-refractivity contribution in [2.24, 2.45) is 5.92 Å². The van der Waals surface area contributed by atoms with Crippen LogP contribution >= 0.6 is 0 Å². The van der Waals surface area contributed by atoms with E-state index in [1.54, 1.807) is 0 Å². The average molecular weight is 242 g/mol. The molecule has 2 heterocycles. The van der Waals surface area contributed by atoms with Crippen molar-refractivity contribution in [1.82, 2.24) is 10.2 Å². The third-order valence-electron chi connectivity index (χ3n) is 3.96. The third kappa shape index (κ3) is 3.65. The Kier molecular flexibility index (Phi) is 4.42. The highest BCUT2D eigenvalue weighted by molar-refractivity contribution is 4.89. The minimum Gasteiger partial charge on any atom is -0.389 e. The van der Waals surface area contributed by atoms with Crippen molar-refractivity contribution >= 4 is 0 Å². The first-order valence-electron chi connectivity index (χ1n) is 6.86. The van der Waals surface area contributed by atoms with Gasteiger partial charge in [0.05, 0.1) is 12.2 Å². The van der Waals surface area contributed by atoms with Gasteiger partial charge >= 0.3 is 0 Å². The molecule has 0 aromatic carbocycles. The van der Waals surface area contributed by atoms with Gasteiger partial charge in [-0.1, -0.05) is 6.92 Å². The van der Waals surface area contributed by atoms with Crippen molar-refractivity contribution in [2.75, 3.05) is 39.4 Å². The Morgan fingerprint density at radius 2 is 2.35 bits per heavy atom.